The van der Waals surface area contributed by atoms with Crippen LogP contribution in [0.15, 0.2) is 42.5 Å². The number of halogens is 3. The maximum absolute atomic E-state index is 13.9. The number of aromatic nitrogens is 2. The molecule has 0 spiro atoms. The molecule has 6 rings (SSSR count). The molecule has 4 aromatic rings. The zero-order chi connectivity index (χ0) is 23.2. The van der Waals surface area contributed by atoms with Crippen molar-refractivity contribution in [3.63, 3.8) is 0 Å². The highest BCUT2D eigenvalue weighted by Crippen LogP contribution is 2.39. The van der Waals surface area contributed by atoms with Gasteiger partial charge in [0.25, 0.3) is 0 Å². The predicted molar refractivity (Wildman–Crippen MR) is 154 cm³/mol. The molecule has 5 N–H and O–H groups in total. The zero-order valence-electron chi connectivity index (χ0n) is 21.6. The van der Waals surface area contributed by atoms with Crippen molar-refractivity contribution in [2.24, 2.45) is 5.92 Å². The first-order valence-corrected chi connectivity index (χ1v) is 12.3. The second kappa shape index (κ2) is 13.0. The number of likely N-dealkylation sites (N-methyl/N-ethyl adjacent to an activating group) is 1. The van der Waals surface area contributed by atoms with E-state index in [4.69, 9.17) is 9.47 Å². The van der Waals surface area contributed by atoms with Crippen LogP contribution in [-0.4, -0.2) is 58.2 Å². The molecule has 2 aromatic heterocycles. The molecule has 0 saturated carbocycles. The smallest absolute Gasteiger partial charge is 0.171 e. The summed E-state index contributed by atoms with van der Waals surface area (Å²) in [6, 6.07) is 13.1. The fraction of sp³-hybridized carbons (Fsp3) is 0.393. The lowest BCUT2D eigenvalue weighted by molar-refractivity contribution is 0.0564. The summed E-state index contributed by atoms with van der Waals surface area (Å²) in [5.41, 5.74) is 5.54. The molecular weight excluding hydrogens is 532 g/mol. The van der Waals surface area contributed by atoms with Crippen molar-refractivity contribution in [2.75, 3.05) is 26.2 Å². The van der Waals surface area contributed by atoms with Crippen LogP contribution in [-0.2, 0) is 12.8 Å². The normalized spacial score (nSPS) is 17.6. The lowest BCUT2D eigenvalue weighted by Crippen LogP contribution is -2.43. The van der Waals surface area contributed by atoms with Crippen molar-refractivity contribution in [3.05, 3.63) is 65.2 Å². The van der Waals surface area contributed by atoms with Crippen molar-refractivity contribution in [1.29, 1.82) is 0 Å². The largest absolute Gasteiger partial charge is 0.486 e. The van der Waals surface area contributed by atoms with E-state index in [0.717, 1.165) is 77.9 Å². The van der Waals surface area contributed by atoms with Crippen LogP contribution in [0.3, 0.4) is 0 Å². The Kier molecular flexibility index (Phi) is 10.8. The van der Waals surface area contributed by atoms with Crippen molar-refractivity contribution in [1.82, 2.24) is 14.9 Å². The summed E-state index contributed by atoms with van der Waals surface area (Å²) < 4.78 is 26.4. The van der Waals surface area contributed by atoms with E-state index < -0.39 is 0 Å². The van der Waals surface area contributed by atoms with Gasteiger partial charge >= 0.3 is 0 Å². The van der Waals surface area contributed by atoms with E-state index in [2.05, 4.69) is 27.9 Å². The molecule has 3 heterocycles. The van der Waals surface area contributed by atoms with E-state index >= 15 is 0 Å². The van der Waals surface area contributed by atoms with E-state index in [1.54, 1.807) is 6.07 Å². The second-order valence-electron chi connectivity index (χ2n) is 9.70. The number of hydrogen-bond acceptors (Lipinski definition) is 4. The Bertz CT molecular complexity index is 1380. The molecular formula is C28H36Cl2FN3O4. The van der Waals surface area contributed by atoms with Crippen molar-refractivity contribution >= 4 is 46.6 Å². The molecule has 0 amide bonds. The Hall–Kier alpha value is -2.62. The maximum atomic E-state index is 13.9. The summed E-state index contributed by atoms with van der Waals surface area (Å²) in [5.74, 6) is 1.97. The molecule has 38 heavy (non-hydrogen) atoms. The van der Waals surface area contributed by atoms with Crippen LogP contribution in [0.1, 0.15) is 30.3 Å². The highest BCUT2D eigenvalue weighted by molar-refractivity contribution is 5.88. The number of rotatable bonds is 5. The number of nitrogens with one attached hydrogen (secondary N) is 1. The number of pyridine rings is 1. The lowest BCUT2D eigenvalue weighted by atomic mass is 9.86. The third-order valence-electron chi connectivity index (χ3n) is 7.31. The minimum absolute atomic E-state index is 0. The van der Waals surface area contributed by atoms with Gasteiger partial charge in [-0.3, -0.25) is 9.88 Å². The first-order chi connectivity index (χ1) is 16.6. The van der Waals surface area contributed by atoms with E-state index in [-0.39, 0.29) is 47.7 Å². The molecule has 1 unspecified atom stereocenters. The van der Waals surface area contributed by atoms with E-state index in [9.17, 15) is 4.39 Å². The minimum Gasteiger partial charge on any atom is -0.486 e. The van der Waals surface area contributed by atoms with Crippen molar-refractivity contribution in [3.8, 4) is 11.5 Å². The summed E-state index contributed by atoms with van der Waals surface area (Å²) in [7, 11) is 0. The van der Waals surface area contributed by atoms with Crippen molar-refractivity contribution < 1.29 is 24.8 Å². The van der Waals surface area contributed by atoms with Crippen LogP contribution < -0.4 is 9.47 Å². The number of aryl methyl sites for hydroxylation is 2. The molecule has 2 atom stereocenters. The molecule has 2 aliphatic rings. The van der Waals surface area contributed by atoms with Crippen LogP contribution in [0, 0.1) is 18.7 Å². The van der Waals surface area contributed by atoms with Gasteiger partial charge in [-0.25, -0.2) is 4.39 Å². The third kappa shape index (κ3) is 6.00. The van der Waals surface area contributed by atoms with Crippen LogP contribution in [0.2, 0.25) is 0 Å². The van der Waals surface area contributed by atoms with Crippen LogP contribution in [0.5, 0.6) is 11.5 Å². The number of H-pyrrole nitrogens is 1. The molecule has 1 aliphatic carbocycles. The number of nitrogens with zero attached hydrogens (tertiary/aromatic N) is 2. The standard InChI is InChI=1S/C28H30FN3O2.2ClH.2H2O/c1-3-32(14-18-5-8-25-22(12-18)23-13-19(29)6-9-26(23)31-25)15-20-16-33-27-11-10-24-21(28(27)34-20)7-4-17(2)30-24;;;;/h4,6-7,9-11,13,18,20,31H,3,5,8,12,14-16H2,1-2H3;2*1H;2*1H2/t18?,20-;;;;/m0..../s1. The fourth-order valence-corrected chi connectivity index (χ4v) is 5.57. The third-order valence-corrected chi connectivity index (χ3v) is 7.31. The lowest BCUT2D eigenvalue weighted by Gasteiger charge is -2.34. The number of fused-ring (bicyclic) bond motifs is 6. The Labute approximate surface area is 234 Å². The number of aromatic amines is 1. The highest BCUT2D eigenvalue weighted by Gasteiger charge is 2.28. The molecule has 0 radical (unpaired) electrons. The van der Waals surface area contributed by atoms with Crippen LogP contribution in [0.25, 0.3) is 21.8 Å². The van der Waals surface area contributed by atoms with Gasteiger partial charge in [-0.1, -0.05) is 6.92 Å². The number of hydrogen-bond donors (Lipinski definition) is 1. The Morgan fingerprint density at radius 3 is 2.66 bits per heavy atom. The van der Waals surface area contributed by atoms with Gasteiger partial charge in [0.05, 0.1) is 5.52 Å². The van der Waals surface area contributed by atoms with Gasteiger partial charge in [-0.05, 0) is 86.7 Å². The molecule has 1 aliphatic heterocycles. The molecule has 0 fully saturated rings. The molecule has 10 heteroatoms. The average molecular weight is 569 g/mol. The van der Waals surface area contributed by atoms with Crippen LogP contribution >= 0.6 is 24.8 Å². The average Bonchev–Trinajstić information content (AvgIpc) is 3.20. The predicted octanol–water partition coefficient (Wildman–Crippen LogP) is 4.62. The van der Waals surface area contributed by atoms with E-state index in [1.807, 2.05) is 31.2 Å². The summed E-state index contributed by atoms with van der Waals surface area (Å²) in [4.78, 5) is 10.6. The van der Waals surface area contributed by atoms with Gasteiger partial charge in [-0.15, -0.1) is 24.8 Å². The SMILES string of the molecule is CCN(CC1CCc2[nH]c3ccc(F)cc3c2C1)C[C@H]1COc2ccc3nc(C)ccc3c2O1.Cl.Cl.O.O. The van der Waals surface area contributed by atoms with Gasteiger partial charge in [0, 0.05) is 40.8 Å². The minimum atomic E-state index is -0.167. The summed E-state index contributed by atoms with van der Waals surface area (Å²) in [6.07, 6.45) is 3.11. The second-order valence-corrected chi connectivity index (χ2v) is 9.70. The van der Waals surface area contributed by atoms with E-state index in [0.29, 0.717) is 12.5 Å². The number of ether oxygens (including phenoxy) is 2. The monoisotopic (exact) mass is 567 g/mol. The quantitative estimate of drug-likeness (QED) is 0.378. The van der Waals surface area contributed by atoms with Crippen LogP contribution in [0.4, 0.5) is 4.39 Å². The summed E-state index contributed by atoms with van der Waals surface area (Å²) in [6.45, 7) is 7.52. The van der Waals surface area contributed by atoms with Gasteiger partial charge in [0.2, 0.25) is 0 Å². The summed E-state index contributed by atoms with van der Waals surface area (Å²) in [5, 5.41) is 2.04. The van der Waals surface area contributed by atoms with Gasteiger partial charge in [-0.2, -0.15) is 0 Å². The van der Waals surface area contributed by atoms with Gasteiger partial charge < -0.3 is 25.4 Å². The van der Waals surface area contributed by atoms with Gasteiger partial charge in [0.1, 0.15) is 18.5 Å². The zero-order valence-corrected chi connectivity index (χ0v) is 23.2. The highest BCUT2D eigenvalue weighted by atomic mass is 35.5. The molecule has 208 valence electrons. The number of benzene rings is 2. The first-order valence-electron chi connectivity index (χ1n) is 12.3. The van der Waals surface area contributed by atoms with E-state index in [1.165, 1.54) is 17.3 Å². The Morgan fingerprint density at radius 2 is 1.87 bits per heavy atom. The molecule has 2 aromatic carbocycles. The molecule has 0 bridgehead atoms. The Balaban J connectivity index is 0.00000127. The Morgan fingerprint density at radius 1 is 1.05 bits per heavy atom. The molecule has 0 saturated heterocycles. The van der Waals surface area contributed by atoms with Gasteiger partial charge in [0.15, 0.2) is 11.5 Å². The first kappa shape index (κ1) is 31.6. The summed E-state index contributed by atoms with van der Waals surface area (Å²) >= 11 is 0. The van der Waals surface area contributed by atoms with Crippen molar-refractivity contribution in [2.45, 2.75) is 39.2 Å². The topological polar surface area (TPSA) is 113 Å². The fourth-order valence-electron chi connectivity index (χ4n) is 5.57. The molecule has 7 nitrogen and oxygen atoms in total. The maximum Gasteiger partial charge on any atom is 0.171 e.